The summed E-state index contributed by atoms with van der Waals surface area (Å²) in [6.45, 7) is 6.98. The third kappa shape index (κ3) is 9.19. The molecule has 4 rings (SSSR count). The van der Waals surface area contributed by atoms with Crippen LogP contribution in [-0.2, 0) is 32.6 Å². The van der Waals surface area contributed by atoms with Crippen molar-refractivity contribution in [3.8, 4) is 0 Å². The highest BCUT2D eigenvalue weighted by atomic mass is 79.9. The molecule has 0 saturated heterocycles. The van der Waals surface area contributed by atoms with Gasteiger partial charge in [0.2, 0.25) is 11.8 Å². The first-order valence-corrected chi connectivity index (χ1v) is 17.1. The van der Waals surface area contributed by atoms with E-state index in [2.05, 4.69) is 21.2 Å². The number of sulfonamides is 1. The number of carbonyl (C=O) groups excluding carboxylic acids is 2. The number of nitrogens with zero attached hydrogens (tertiary/aromatic N) is 2. The van der Waals surface area contributed by atoms with Gasteiger partial charge < -0.3 is 10.2 Å². The van der Waals surface area contributed by atoms with Gasteiger partial charge in [-0.3, -0.25) is 13.9 Å². The van der Waals surface area contributed by atoms with Crippen molar-refractivity contribution in [2.45, 2.75) is 57.1 Å². The van der Waals surface area contributed by atoms with Gasteiger partial charge in [0, 0.05) is 28.0 Å². The van der Waals surface area contributed by atoms with Gasteiger partial charge >= 0.3 is 0 Å². The van der Waals surface area contributed by atoms with Gasteiger partial charge in [-0.2, -0.15) is 0 Å². The van der Waals surface area contributed by atoms with Gasteiger partial charge in [0.1, 0.15) is 12.6 Å². The summed E-state index contributed by atoms with van der Waals surface area (Å²) in [5.74, 6) is -0.863. The zero-order valence-corrected chi connectivity index (χ0v) is 28.9. The molecule has 10 heteroatoms. The van der Waals surface area contributed by atoms with Crippen molar-refractivity contribution in [3.63, 3.8) is 0 Å². The lowest BCUT2D eigenvalue weighted by atomic mass is 10.0. The number of hydrogen-bond donors (Lipinski definition) is 1. The SMILES string of the molecule is Cc1ccccc1N(CC(=O)N(Cc1cccc(Br)c1)[C@H](Cc1ccccc1)C(=O)NC(C)(C)C)S(=O)(=O)c1ccc(Cl)cc1. The Morgan fingerprint density at radius 3 is 2.11 bits per heavy atom. The summed E-state index contributed by atoms with van der Waals surface area (Å²) in [4.78, 5) is 30.0. The molecule has 0 aliphatic heterocycles. The first-order valence-electron chi connectivity index (χ1n) is 14.5. The largest absolute Gasteiger partial charge is 0.350 e. The molecule has 0 heterocycles. The van der Waals surface area contributed by atoms with Crippen LogP contribution in [0.25, 0.3) is 0 Å². The Bertz CT molecular complexity index is 1740. The monoisotopic (exact) mass is 709 g/mol. The van der Waals surface area contributed by atoms with Crippen molar-refractivity contribution in [1.29, 1.82) is 0 Å². The third-order valence-corrected chi connectivity index (χ3v) is 9.60. The molecule has 236 valence electrons. The smallest absolute Gasteiger partial charge is 0.264 e. The van der Waals surface area contributed by atoms with Crippen LogP contribution < -0.4 is 9.62 Å². The zero-order chi connectivity index (χ0) is 32.8. The van der Waals surface area contributed by atoms with Crippen LogP contribution in [-0.4, -0.2) is 43.3 Å². The number of rotatable bonds is 11. The maximum atomic E-state index is 14.6. The van der Waals surface area contributed by atoms with Crippen LogP contribution in [0.2, 0.25) is 5.02 Å². The van der Waals surface area contributed by atoms with Crippen LogP contribution in [0.15, 0.2) is 112 Å². The van der Waals surface area contributed by atoms with E-state index in [4.69, 9.17) is 11.6 Å². The van der Waals surface area contributed by atoms with Gasteiger partial charge in [0.05, 0.1) is 10.6 Å². The lowest BCUT2D eigenvalue weighted by Gasteiger charge is -2.35. The standard InChI is InChI=1S/C35H37BrClN3O4S/c1-25-11-8-9-16-31(25)40(45(43,44)30-19-17-29(37)18-20-30)24-33(41)39(23-27-14-10-15-28(36)21-27)32(34(42)38-35(2,3)4)22-26-12-6-5-7-13-26/h5-21,32H,22-24H2,1-4H3,(H,38,42)/t32-/m1/s1. The molecular formula is C35H37BrClN3O4S. The second-order valence-corrected chi connectivity index (χ2v) is 15.1. The van der Waals surface area contributed by atoms with E-state index >= 15 is 0 Å². The number of hydrogen-bond acceptors (Lipinski definition) is 4. The molecule has 0 radical (unpaired) electrons. The fraction of sp³-hybridized carbons (Fsp3) is 0.257. The molecule has 0 spiro atoms. The number of carbonyl (C=O) groups is 2. The van der Waals surface area contributed by atoms with Crippen molar-refractivity contribution < 1.29 is 18.0 Å². The molecule has 0 fully saturated rings. The van der Waals surface area contributed by atoms with Gasteiger partial charge in [-0.25, -0.2) is 8.42 Å². The minimum Gasteiger partial charge on any atom is -0.350 e. The highest BCUT2D eigenvalue weighted by Gasteiger charge is 2.36. The third-order valence-electron chi connectivity index (χ3n) is 7.08. The Balaban J connectivity index is 1.83. The Kier molecular flexibility index (Phi) is 11.1. The van der Waals surface area contributed by atoms with E-state index in [0.29, 0.717) is 16.3 Å². The predicted octanol–water partition coefficient (Wildman–Crippen LogP) is 7.16. The average Bonchev–Trinajstić information content (AvgIpc) is 2.98. The molecule has 7 nitrogen and oxygen atoms in total. The number of amides is 2. The van der Waals surface area contributed by atoms with E-state index in [-0.39, 0.29) is 23.8 Å². The number of nitrogens with one attached hydrogen (secondary N) is 1. The molecular weight excluding hydrogens is 674 g/mol. The molecule has 0 saturated carbocycles. The first kappa shape index (κ1) is 34.2. The van der Waals surface area contributed by atoms with E-state index in [0.717, 1.165) is 19.9 Å². The Hall–Kier alpha value is -3.66. The molecule has 0 aliphatic carbocycles. The van der Waals surface area contributed by atoms with Crippen LogP contribution in [0, 0.1) is 6.92 Å². The lowest BCUT2D eigenvalue weighted by molar-refractivity contribution is -0.140. The van der Waals surface area contributed by atoms with E-state index in [1.54, 1.807) is 31.2 Å². The van der Waals surface area contributed by atoms with Gasteiger partial charge in [0.15, 0.2) is 0 Å². The molecule has 0 aliphatic rings. The highest BCUT2D eigenvalue weighted by Crippen LogP contribution is 2.28. The summed E-state index contributed by atoms with van der Waals surface area (Å²) in [6.07, 6.45) is 0.233. The molecule has 1 N–H and O–H groups in total. The maximum absolute atomic E-state index is 14.6. The summed E-state index contributed by atoms with van der Waals surface area (Å²) in [5, 5.41) is 3.43. The van der Waals surface area contributed by atoms with E-state index < -0.39 is 34.1 Å². The summed E-state index contributed by atoms with van der Waals surface area (Å²) < 4.78 is 30.3. The quantitative estimate of drug-likeness (QED) is 0.179. The Morgan fingerprint density at radius 1 is 0.867 bits per heavy atom. The van der Waals surface area contributed by atoms with E-state index in [1.807, 2.05) is 75.4 Å². The highest BCUT2D eigenvalue weighted by molar-refractivity contribution is 9.10. The van der Waals surface area contributed by atoms with Crippen molar-refractivity contribution in [3.05, 3.63) is 129 Å². The summed E-state index contributed by atoms with van der Waals surface area (Å²) in [5.41, 5.74) is 2.11. The van der Waals surface area contributed by atoms with Crippen LogP contribution in [0.4, 0.5) is 5.69 Å². The normalized spacial score (nSPS) is 12.3. The van der Waals surface area contributed by atoms with Gasteiger partial charge in [0.25, 0.3) is 10.0 Å². The fourth-order valence-corrected chi connectivity index (χ4v) is 6.98. The number of anilines is 1. The number of para-hydroxylation sites is 1. The number of halogens is 2. The molecule has 0 aromatic heterocycles. The van der Waals surface area contributed by atoms with Crippen LogP contribution in [0.5, 0.6) is 0 Å². The van der Waals surface area contributed by atoms with Gasteiger partial charge in [-0.15, -0.1) is 0 Å². The maximum Gasteiger partial charge on any atom is 0.264 e. The molecule has 4 aromatic rings. The minimum absolute atomic E-state index is 0.00666. The van der Waals surface area contributed by atoms with Crippen molar-refractivity contribution in [1.82, 2.24) is 10.2 Å². The van der Waals surface area contributed by atoms with Crippen molar-refractivity contribution in [2.75, 3.05) is 10.8 Å². The van der Waals surface area contributed by atoms with Gasteiger partial charge in [-0.05, 0) is 86.8 Å². The first-order chi connectivity index (χ1) is 21.2. The molecule has 0 bridgehead atoms. The number of aryl methyl sites for hydroxylation is 1. The van der Waals surface area contributed by atoms with E-state index in [9.17, 15) is 18.0 Å². The molecule has 45 heavy (non-hydrogen) atoms. The fourth-order valence-electron chi connectivity index (χ4n) is 4.93. The Morgan fingerprint density at radius 2 is 1.49 bits per heavy atom. The second kappa shape index (κ2) is 14.6. The van der Waals surface area contributed by atoms with E-state index in [1.165, 1.54) is 29.2 Å². The average molecular weight is 711 g/mol. The van der Waals surface area contributed by atoms with Crippen molar-refractivity contribution >= 4 is 55.1 Å². The predicted molar refractivity (Wildman–Crippen MR) is 184 cm³/mol. The Labute approximate surface area is 279 Å². The molecule has 0 unspecified atom stereocenters. The lowest BCUT2D eigenvalue weighted by Crippen LogP contribution is -2.56. The summed E-state index contributed by atoms with van der Waals surface area (Å²) in [7, 11) is -4.22. The summed E-state index contributed by atoms with van der Waals surface area (Å²) >= 11 is 9.57. The summed E-state index contributed by atoms with van der Waals surface area (Å²) in [6, 6.07) is 28.8. The molecule has 2 amide bonds. The van der Waals surface area contributed by atoms with Crippen molar-refractivity contribution in [2.24, 2.45) is 0 Å². The van der Waals surface area contributed by atoms with Crippen LogP contribution in [0.1, 0.15) is 37.5 Å². The topological polar surface area (TPSA) is 86.8 Å². The van der Waals surface area contributed by atoms with Crippen LogP contribution >= 0.6 is 27.5 Å². The molecule has 1 atom stereocenters. The minimum atomic E-state index is -4.22. The second-order valence-electron chi connectivity index (χ2n) is 11.8. The zero-order valence-electron chi connectivity index (χ0n) is 25.7. The van der Waals surface area contributed by atoms with Gasteiger partial charge in [-0.1, -0.05) is 88.2 Å². The van der Waals surface area contributed by atoms with Crippen LogP contribution in [0.3, 0.4) is 0 Å². The number of benzene rings is 4. The molecule has 4 aromatic carbocycles.